The van der Waals surface area contributed by atoms with Crippen molar-refractivity contribution in [2.45, 2.75) is 36.6 Å². The van der Waals surface area contributed by atoms with Crippen molar-refractivity contribution in [3.05, 3.63) is 0 Å². The maximum atomic E-state index is 12.2. The van der Waals surface area contributed by atoms with Gasteiger partial charge < -0.3 is 64.3 Å². The van der Waals surface area contributed by atoms with Gasteiger partial charge in [-0.15, -0.1) is 0 Å². The Morgan fingerprint density at radius 2 is 1.02 bits per heavy atom. The summed E-state index contributed by atoms with van der Waals surface area (Å²) in [6, 6.07) is 0. The molecule has 0 aromatic heterocycles. The quantitative estimate of drug-likeness (QED) is 0.0521. The molecule has 2 unspecified atom stereocenters. The van der Waals surface area contributed by atoms with E-state index in [1.165, 1.54) is 0 Å². The number of hydrogen-bond donors (Lipinski definition) is 13. The first-order valence-electron chi connectivity index (χ1n) is 9.88. The average molecular weight is 728 g/mol. The van der Waals surface area contributed by atoms with Crippen LogP contribution in [-0.4, -0.2) is 133 Å². The van der Waals surface area contributed by atoms with E-state index in [-0.39, 0.29) is 0 Å². The van der Waals surface area contributed by atoms with Gasteiger partial charge in [-0.2, -0.15) is 4.31 Å². The van der Waals surface area contributed by atoms with Crippen molar-refractivity contribution in [1.82, 2.24) is 0 Å². The van der Waals surface area contributed by atoms with Gasteiger partial charge in [-0.05, 0) is 0 Å². The molecule has 0 saturated carbocycles. The molecule has 42 heavy (non-hydrogen) atoms. The monoisotopic (exact) mass is 728 g/mol. The zero-order valence-corrected chi connectivity index (χ0v) is 24.4. The third kappa shape index (κ3) is 17.8. The van der Waals surface area contributed by atoms with Gasteiger partial charge in [0, 0.05) is 0 Å². The number of hydrogen-bond acceptors (Lipinski definition) is 18. The number of ketones is 1. The van der Waals surface area contributed by atoms with E-state index in [0.29, 0.717) is 0 Å². The molecule has 0 saturated heterocycles. The fourth-order valence-corrected chi connectivity index (χ4v) is 5.20. The van der Waals surface area contributed by atoms with Crippen molar-refractivity contribution in [2.75, 3.05) is 19.8 Å². The van der Waals surface area contributed by atoms with Crippen LogP contribution in [0.15, 0.2) is 0 Å². The van der Waals surface area contributed by atoms with Gasteiger partial charge in [0.2, 0.25) is 0 Å². The fourth-order valence-electron chi connectivity index (χ4n) is 2.11. The fraction of sp³-hybridized carbons (Fsp3) is 0.818. The van der Waals surface area contributed by atoms with E-state index in [0.717, 1.165) is 0 Å². The summed E-state index contributed by atoms with van der Waals surface area (Å²) in [7, 11) is -28.5. The molecule has 0 aromatic rings. The second-order valence-corrected chi connectivity index (χ2v) is 14.0. The van der Waals surface area contributed by atoms with Gasteiger partial charge >= 0.3 is 45.1 Å². The third-order valence-electron chi connectivity index (χ3n) is 3.84. The SMILES string of the molecule is O=C(COP(=O)(O)O[C@@H](C(=O)OP(=O)(O)OP(=O)(O)O)[C@H](O)[C@H](O)COP(=O)(O)O)[C@@H](O)[C@H](O)[C@H](O)COP(=O)(O)O. The summed E-state index contributed by atoms with van der Waals surface area (Å²) in [6.07, 6.45) is -16.6. The van der Waals surface area contributed by atoms with Crippen LogP contribution in [0.1, 0.15) is 0 Å². The molecule has 0 amide bonds. The van der Waals surface area contributed by atoms with Crippen molar-refractivity contribution in [3.8, 4) is 0 Å². The van der Waals surface area contributed by atoms with E-state index in [1.54, 1.807) is 0 Å². The first kappa shape index (κ1) is 41.6. The Bertz CT molecular complexity index is 1150. The number of carbonyl (C=O) groups excluding carboxylic acids is 2. The predicted octanol–water partition coefficient (Wildman–Crippen LogP) is -5.17. The van der Waals surface area contributed by atoms with E-state index in [1.807, 2.05) is 0 Å². The summed E-state index contributed by atoms with van der Waals surface area (Å²) in [5, 5.41) is 48.7. The van der Waals surface area contributed by atoms with Crippen LogP contribution in [-0.2, 0) is 59.3 Å². The number of aliphatic hydroxyl groups is 5. The molecule has 26 nitrogen and oxygen atoms in total. The molecule has 31 heteroatoms. The van der Waals surface area contributed by atoms with Crippen molar-refractivity contribution in [3.63, 3.8) is 0 Å². The topological polar surface area (TPSA) is 438 Å². The molecule has 0 aromatic carbocycles. The van der Waals surface area contributed by atoms with E-state index in [9.17, 15) is 67.7 Å². The molecule has 8 atom stereocenters. The lowest BCUT2D eigenvalue weighted by Crippen LogP contribution is -2.46. The first-order valence-corrected chi connectivity index (χ1v) is 17.5. The van der Waals surface area contributed by atoms with Gasteiger partial charge in [-0.25, -0.2) is 27.6 Å². The molecular formula is C11H25O26P5. The van der Waals surface area contributed by atoms with E-state index in [4.69, 9.17) is 29.4 Å². The number of Topliss-reactive ketones (excluding diaryl/α,β-unsaturated/α-hetero) is 1. The average Bonchev–Trinajstić information content (AvgIpc) is 2.78. The van der Waals surface area contributed by atoms with Crippen LogP contribution in [0.2, 0.25) is 0 Å². The normalized spacial score (nSPS) is 20.3. The van der Waals surface area contributed by atoms with Crippen LogP contribution in [0.25, 0.3) is 0 Å². The van der Waals surface area contributed by atoms with Crippen LogP contribution in [0.4, 0.5) is 0 Å². The summed E-state index contributed by atoms with van der Waals surface area (Å²) in [6.45, 7) is -4.70. The van der Waals surface area contributed by atoms with Gasteiger partial charge in [-0.1, -0.05) is 0 Å². The summed E-state index contributed by atoms with van der Waals surface area (Å²) >= 11 is 0. The highest BCUT2D eigenvalue weighted by molar-refractivity contribution is 7.61. The van der Waals surface area contributed by atoms with Gasteiger partial charge in [-0.3, -0.25) is 27.8 Å². The second-order valence-electron chi connectivity index (χ2n) is 7.32. The zero-order valence-electron chi connectivity index (χ0n) is 19.9. The van der Waals surface area contributed by atoms with Crippen molar-refractivity contribution in [2.24, 2.45) is 0 Å². The molecule has 0 aliphatic heterocycles. The number of aliphatic hydroxyl groups excluding tert-OH is 5. The molecular weight excluding hydrogens is 703 g/mol. The molecule has 0 spiro atoms. The molecule has 0 bridgehead atoms. The number of carbonyl (C=O) groups is 2. The highest BCUT2D eigenvalue weighted by Crippen LogP contribution is 2.58. The molecule has 0 aliphatic rings. The maximum Gasteiger partial charge on any atom is 0.538 e. The van der Waals surface area contributed by atoms with Gasteiger partial charge in [0.25, 0.3) is 0 Å². The van der Waals surface area contributed by atoms with E-state index >= 15 is 0 Å². The second kappa shape index (κ2) is 16.2. The number of rotatable bonds is 20. The van der Waals surface area contributed by atoms with Gasteiger partial charge in [0.15, 0.2) is 11.9 Å². The van der Waals surface area contributed by atoms with Crippen molar-refractivity contribution < 1.29 is 124 Å². The van der Waals surface area contributed by atoms with Crippen LogP contribution >= 0.6 is 39.1 Å². The Balaban J connectivity index is 5.74. The highest BCUT2D eigenvalue weighted by atomic mass is 31.3. The molecule has 0 rings (SSSR count). The zero-order chi connectivity index (χ0) is 33.5. The van der Waals surface area contributed by atoms with Crippen molar-refractivity contribution in [1.29, 1.82) is 0 Å². The summed E-state index contributed by atoms with van der Waals surface area (Å²) in [4.78, 5) is 94.6. The lowest BCUT2D eigenvalue weighted by molar-refractivity contribution is -0.156. The lowest BCUT2D eigenvalue weighted by Gasteiger charge is -2.27. The number of phosphoric acid groups is 5. The maximum absolute atomic E-state index is 12.2. The number of phosphoric ester groups is 4. The minimum absolute atomic E-state index is 1.34. The highest BCUT2D eigenvalue weighted by Gasteiger charge is 2.46. The van der Waals surface area contributed by atoms with Crippen LogP contribution < -0.4 is 0 Å². The molecule has 0 radical (unpaired) electrons. The minimum Gasteiger partial charge on any atom is -0.388 e. The largest absolute Gasteiger partial charge is 0.538 e. The van der Waals surface area contributed by atoms with Gasteiger partial charge in [0.1, 0.15) is 37.1 Å². The minimum atomic E-state index is -6.13. The first-order chi connectivity index (χ1) is 18.6. The molecule has 13 N–H and O–H groups in total. The molecule has 0 aliphatic carbocycles. The Morgan fingerprint density at radius 1 is 0.595 bits per heavy atom. The molecule has 0 fully saturated rings. The Kier molecular flexibility index (Phi) is 16.1. The van der Waals surface area contributed by atoms with E-state index in [2.05, 4.69) is 26.9 Å². The Labute approximate surface area is 231 Å². The van der Waals surface area contributed by atoms with Crippen LogP contribution in [0, 0.1) is 0 Å². The van der Waals surface area contributed by atoms with Crippen LogP contribution in [0.5, 0.6) is 0 Å². The summed E-state index contributed by atoms with van der Waals surface area (Å²) in [5.74, 6) is -4.31. The van der Waals surface area contributed by atoms with Gasteiger partial charge in [0.05, 0.1) is 13.2 Å². The van der Waals surface area contributed by atoms with Crippen molar-refractivity contribution >= 4 is 50.9 Å². The third-order valence-corrected chi connectivity index (χ3v) is 7.85. The summed E-state index contributed by atoms with van der Waals surface area (Å²) < 4.78 is 78.7. The predicted molar refractivity (Wildman–Crippen MR) is 121 cm³/mol. The van der Waals surface area contributed by atoms with Crippen LogP contribution in [0.3, 0.4) is 0 Å². The van der Waals surface area contributed by atoms with E-state index < -0.39 is 107 Å². The molecule has 0 heterocycles. The summed E-state index contributed by atoms with van der Waals surface area (Å²) in [5.41, 5.74) is 0. The lowest BCUT2D eigenvalue weighted by atomic mass is 10.1. The Morgan fingerprint density at radius 3 is 1.43 bits per heavy atom. The Hall–Kier alpha value is -0.430. The molecule has 250 valence electrons. The standard InChI is InChI=1S/C11H25O26P5/c12-4(1-32-38(19,20)21)7(15)8(16)5(13)3-34-41(28,29)35-10(9(17)6(14)2-33-39(22,23)24)11(18)36-42(30,31)37-40(25,26)27/h4,6-10,12,14-17H,1-3H2,(H,28,29)(H,30,31)(H2,19,20,21)(H2,22,23,24)(H2,25,26,27)/t4-,6-,7-,8-,9-,10-/m1/s1. The smallest absolute Gasteiger partial charge is 0.388 e.